The van der Waals surface area contributed by atoms with E-state index in [2.05, 4.69) is 5.32 Å². The van der Waals surface area contributed by atoms with Crippen molar-refractivity contribution < 1.29 is 14.6 Å². The number of hydrogen-bond acceptors (Lipinski definition) is 3. The third-order valence-electron chi connectivity index (χ3n) is 2.82. The van der Waals surface area contributed by atoms with E-state index in [1.165, 1.54) is 7.11 Å². The first-order chi connectivity index (χ1) is 7.05. The third kappa shape index (κ3) is 4.18. The van der Waals surface area contributed by atoms with Crippen LogP contribution < -0.4 is 5.32 Å². The summed E-state index contributed by atoms with van der Waals surface area (Å²) in [4.78, 5) is 11.6. The average molecular weight is 215 g/mol. The highest BCUT2D eigenvalue weighted by Crippen LogP contribution is 2.24. The van der Waals surface area contributed by atoms with Crippen LogP contribution in [-0.2, 0) is 9.53 Å². The van der Waals surface area contributed by atoms with Gasteiger partial charge >= 0.3 is 0 Å². The fourth-order valence-corrected chi connectivity index (χ4v) is 1.97. The molecule has 0 aromatic carbocycles. The molecule has 0 aromatic heterocycles. The minimum absolute atomic E-state index is 0.0730. The summed E-state index contributed by atoms with van der Waals surface area (Å²) in [6, 6.07) is 0. The molecule has 1 rings (SSSR count). The quantitative estimate of drug-likeness (QED) is 0.709. The highest BCUT2D eigenvalue weighted by atomic mass is 16.5. The predicted molar refractivity (Wildman–Crippen MR) is 57.5 cm³/mol. The average Bonchev–Trinajstić information content (AvgIpc) is 2.67. The summed E-state index contributed by atoms with van der Waals surface area (Å²) in [5, 5.41) is 12.5. The van der Waals surface area contributed by atoms with Crippen LogP contribution in [0.2, 0.25) is 0 Å². The first-order valence-electron chi connectivity index (χ1n) is 5.54. The van der Waals surface area contributed by atoms with Crippen LogP contribution in [0.1, 0.15) is 32.6 Å². The van der Waals surface area contributed by atoms with E-state index in [4.69, 9.17) is 4.74 Å². The van der Waals surface area contributed by atoms with Gasteiger partial charge < -0.3 is 15.2 Å². The van der Waals surface area contributed by atoms with Crippen LogP contribution in [0.4, 0.5) is 0 Å². The Balaban J connectivity index is 2.26. The Bertz CT molecular complexity index is 210. The molecule has 1 amide bonds. The largest absolute Gasteiger partial charge is 0.386 e. The monoisotopic (exact) mass is 215 g/mol. The van der Waals surface area contributed by atoms with Crippen molar-refractivity contribution in [3.8, 4) is 0 Å². The summed E-state index contributed by atoms with van der Waals surface area (Å²) in [6.07, 6.45) is 4.26. The van der Waals surface area contributed by atoms with Gasteiger partial charge in [0.1, 0.15) is 5.60 Å². The number of nitrogens with one attached hydrogen (secondary N) is 1. The second-order valence-electron chi connectivity index (χ2n) is 4.63. The molecule has 2 N–H and O–H groups in total. The van der Waals surface area contributed by atoms with Gasteiger partial charge in [0.05, 0.1) is 6.61 Å². The summed E-state index contributed by atoms with van der Waals surface area (Å²) >= 11 is 0. The SMILES string of the molecule is COCC(C)(O)CNC(=O)C1CCCC1. The summed E-state index contributed by atoms with van der Waals surface area (Å²) in [5.41, 5.74) is -0.969. The number of carbonyl (C=O) groups excluding carboxylic acids is 1. The third-order valence-corrected chi connectivity index (χ3v) is 2.82. The molecule has 1 aliphatic carbocycles. The van der Waals surface area contributed by atoms with E-state index in [9.17, 15) is 9.90 Å². The van der Waals surface area contributed by atoms with Crippen molar-refractivity contribution in [2.75, 3.05) is 20.3 Å². The maximum atomic E-state index is 11.6. The summed E-state index contributed by atoms with van der Waals surface area (Å²) in [7, 11) is 1.53. The van der Waals surface area contributed by atoms with E-state index < -0.39 is 5.60 Å². The van der Waals surface area contributed by atoms with Gasteiger partial charge in [0, 0.05) is 19.6 Å². The fraction of sp³-hybridized carbons (Fsp3) is 0.909. The second kappa shape index (κ2) is 5.47. The van der Waals surface area contributed by atoms with Crippen LogP contribution in [-0.4, -0.2) is 36.9 Å². The normalized spacial score (nSPS) is 21.3. The zero-order valence-corrected chi connectivity index (χ0v) is 9.58. The number of aliphatic hydroxyl groups is 1. The van der Waals surface area contributed by atoms with Crippen LogP contribution in [0.25, 0.3) is 0 Å². The maximum absolute atomic E-state index is 11.6. The van der Waals surface area contributed by atoms with Gasteiger partial charge in [-0.25, -0.2) is 0 Å². The smallest absolute Gasteiger partial charge is 0.223 e. The lowest BCUT2D eigenvalue weighted by atomic mass is 10.1. The molecule has 0 aromatic rings. The lowest BCUT2D eigenvalue weighted by molar-refractivity contribution is -0.126. The van der Waals surface area contributed by atoms with Crippen molar-refractivity contribution in [2.45, 2.75) is 38.2 Å². The van der Waals surface area contributed by atoms with E-state index in [0.29, 0.717) is 0 Å². The van der Waals surface area contributed by atoms with E-state index in [1.54, 1.807) is 6.92 Å². The second-order valence-corrected chi connectivity index (χ2v) is 4.63. The number of carbonyl (C=O) groups is 1. The van der Waals surface area contributed by atoms with E-state index in [1.807, 2.05) is 0 Å². The van der Waals surface area contributed by atoms with Crippen LogP contribution >= 0.6 is 0 Å². The number of rotatable bonds is 5. The Kier molecular flexibility index (Phi) is 4.54. The molecule has 0 bridgehead atoms. The van der Waals surface area contributed by atoms with E-state index >= 15 is 0 Å². The van der Waals surface area contributed by atoms with Gasteiger partial charge in [0.25, 0.3) is 0 Å². The fourth-order valence-electron chi connectivity index (χ4n) is 1.97. The molecule has 4 heteroatoms. The number of hydrogen-bond donors (Lipinski definition) is 2. The molecule has 1 fully saturated rings. The minimum atomic E-state index is -0.969. The molecule has 15 heavy (non-hydrogen) atoms. The molecule has 0 radical (unpaired) electrons. The van der Waals surface area contributed by atoms with Gasteiger partial charge in [-0.15, -0.1) is 0 Å². The lowest BCUT2D eigenvalue weighted by Gasteiger charge is -2.23. The summed E-state index contributed by atoms with van der Waals surface area (Å²) in [5.74, 6) is 0.229. The van der Waals surface area contributed by atoms with E-state index in [0.717, 1.165) is 25.7 Å². The molecule has 0 aliphatic heterocycles. The number of amides is 1. The molecule has 0 heterocycles. The minimum Gasteiger partial charge on any atom is -0.386 e. The van der Waals surface area contributed by atoms with Gasteiger partial charge in [0.2, 0.25) is 5.91 Å². The molecule has 1 aliphatic rings. The zero-order valence-electron chi connectivity index (χ0n) is 9.58. The van der Waals surface area contributed by atoms with Crippen LogP contribution in [0.5, 0.6) is 0 Å². The molecule has 1 unspecified atom stereocenters. The first-order valence-corrected chi connectivity index (χ1v) is 5.54. The van der Waals surface area contributed by atoms with Gasteiger partial charge in [-0.05, 0) is 19.8 Å². The van der Waals surface area contributed by atoms with Gasteiger partial charge in [-0.3, -0.25) is 4.79 Å². The maximum Gasteiger partial charge on any atom is 0.223 e. The zero-order chi connectivity index (χ0) is 11.3. The van der Waals surface area contributed by atoms with Gasteiger partial charge in [0.15, 0.2) is 0 Å². The molecule has 1 saturated carbocycles. The molecular formula is C11H21NO3. The molecule has 0 spiro atoms. The number of ether oxygens (including phenoxy) is 1. The molecule has 4 nitrogen and oxygen atoms in total. The Morgan fingerprint density at radius 1 is 1.53 bits per heavy atom. The van der Waals surface area contributed by atoms with Crippen molar-refractivity contribution in [3.05, 3.63) is 0 Å². The standard InChI is InChI=1S/C11H21NO3/c1-11(14,8-15-2)7-12-10(13)9-5-3-4-6-9/h9,14H,3-8H2,1-2H3,(H,12,13). The van der Waals surface area contributed by atoms with E-state index in [-0.39, 0.29) is 25.0 Å². The summed E-state index contributed by atoms with van der Waals surface area (Å²) in [6.45, 7) is 2.15. The highest BCUT2D eigenvalue weighted by molar-refractivity contribution is 5.78. The van der Waals surface area contributed by atoms with Crippen molar-refractivity contribution >= 4 is 5.91 Å². The van der Waals surface area contributed by atoms with Crippen molar-refractivity contribution in [1.82, 2.24) is 5.32 Å². The van der Waals surface area contributed by atoms with Gasteiger partial charge in [-0.2, -0.15) is 0 Å². The Morgan fingerprint density at radius 3 is 2.67 bits per heavy atom. The topological polar surface area (TPSA) is 58.6 Å². The van der Waals surface area contributed by atoms with Gasteiger partial charge in [-0.1, -0.05) is 12.8 Å². The highest BCUT2D eigenvalue weighted by Gasteiger charge is 2.26. The predicted octanol–water partition coefficient (Wildman–Crippen LogP) is 0.690. The molecule has 1 atom stereocenters. The number of methoxy groups -OCH3 is 1. The van der Waals surface area contributed by atoms with Crippen LogP contribution in [0.3, 0.4) is 0 Å². The molecule has 88 valence electrons. The van der Waals surface area contributed by atoms with Crippen molar-refractivity contribution in [1.29, 1.82) is 0 Å². The van der Waals surface area contributed by atoms with Crippen LogP contribution in [0.15, 0.2) is 0 Å². The molecular weight excluding hydrogens is 194 g/mol. The molecule has 0 saturated heterocycles. The van der Waals surface area contributed by atoms with Crippen molar-refractivity contribution in [3.63, 3.8) is 0 Å². The van der Waals surface area contributed by atoms with Crippen LogP contribution in [0, 0.1) is 5.92 Å². The Labute approximate surface area is 91.0 Å². The first kappa shape index (κ1) is 12.5. The summed E-state index contributed by atoms with van der Waals surface area (Å²) < 4.78 is 4.86. The lowest BCUT2D eigenvalue weighted by Crippen LogP contribution is -2.45. The Morgan fingerprint density at radius 2 is 2.13 bits per heavy atom. The van der Waals surface area contributed by atoms with Crippen molar-refractivity contribution in [2.24, 2.45) is 5.92 Å². The Hall–Kier alpha value is -0.610.